The van der Waals surface area contributed by atoms with Crippen LogP contribution in [-0.4, -0.2) is 38.4 Å². The van der Waals surface area contributed by atoms with Gasteiger partial charge in [0, 0.05) is 28.8 Å². The van der Waals surface area contributed by atoms with E-state index in [4.69, 9.17) is 4.74 Å². The number of ether oxygens (including phenoxy) is 1. The molecule has 0 aliphatic rings. The third-order valence-corrected chi connectivity index (χ3v) is 6.30. The van der Waals surface area contributed by atoms with E-state index < -0.39 is 15.0 Å². The summed E-state index contributed by atoms with van der Waals surface area (Å²) in [6.45, 7) is 6.31. The molecule has 0 bridgehead atoms. The first-order valence-corrected chi connectivity index (χ1v) is 9.19. The number of nitrogens with zero attached hydrogens (tertiary/aromatic N) is 1. The summed E-state index contributed by atoms with van der Waals surface area (Å²) in [5.41, 5.74) is 0.273. The van der Waals surface area contributed by atoms with Crippen LogP contribution in [0, 0.1) is 0 Å². The molecule has 0 amide bonds. The summed E-state index contributed by atoms with van der Waals surface area (Å²) in [6, 6.07) is 6.55. The predicted octanol–water partition coefficient (Wildman–Crippen LogP) is 2.54. The molecule has 5 nitrogen and oxygen atoms in total. The fourth-order valence-electron chi connectivity index (χ4n) is 1.62. The molecule has 0 fully saturated rings. The Morgan fingerprint density at radius 1 is 1.20 bits per heavy atom. The summed E-state index contributed by atoms with van der Waals surface area (Å²) in [4.78, 5) is 12.2. The van der Waals surface area contributed by atoms with Crippen LogP contribution in [0.1, 0.15) is 31.1 Å². The molecule has 0 aliphatic carbocycles. The highest BCUT2D eigenvalue weighted by atomic mass is 33.1. The van der Waals surface area contributed by atoms with Gasteiger partial charge in [0.15, 0.2) is 0 Å². The fraction of sp³-hybridized carbons (Fsp3) is 0.462. The maximum absolute atomic E-state index is 12.2. The molecule has 0 saturated heterocycles. The second-order valence-electron chi connectivity index (χ2n) is 3.84. The van der Waals surface area contributed by atoms with E-state index in [2.05, 4.69) is 0 Å². The van der Waals surface area contributed by atoms with Gasteiger partial charge in [-0.2, -0.15) is 4.31 Å². The van der Waals surface area contributed by atoms with Gasteiger partial charge >= 0.3 is 5.97 Å². The second-order valence-corrected chi connectivity index (χ2v) is 7.58. The Labute approximate surface area is 123 Å². The highest BCUT2D eigenvalue weighted by molar-refractivity contribution is 8.71. The van der Waals surface area contributed by atoms with Crippen molar-refractivity contribution in [1.82, 2.24) is 4.31 Å². The van der Waals surface area contributed by atoms with Gasteiger partial charge in [0.25, 0.3) is 9.06 Å². The maximum atomic E-state index is 12.2. The topological polar surface area (TPSA) is 63.7 Å². The van der Waals surface area contributed by atoms with Gasteiger partial charge < -0.3 is 4.74 Å². The highest BCUT2D eigenvalue weighted by Crippen LogP contribution is 2.30. The zero-order valence-electron chi connectivity index (χ0n) is 11.8. The van der Waals surface area contributed by atoms with E-state index in [9.17, 15) is 13.2 Å². The van der Waals surface area contributed by atoms with Gasteiger partial charge in [-0.3, -0.25) is 0 Å². The van der Waals surface area contributed by atoms with Gasteiger partial charge in [-0.1, -0.05) is 26.0 Å². The van der Waals surface area contributed by atoms with Crippen molar-refractivity contribution in [2.45, 2.75) is 25.7 Å². The van der Waals surface area contributed by atoms with E-state index >= 15 is 0 Å². The van der Waals surface area contributed by atoms with Crippen LogP contribution in [0.4, 0.5) is 0 Å². The van der Waals surface area contributed by atoms with Gasteiger partial charge in [0.1, 0.15) is 0 Å². The molecular formula is C13H19NO4S2. The van der Waals surface area contributed by atoms with Gasteiger partial charge in [-0.25, -0.2) is 13.2 Å². The lowest BCUT2D eigenvalue weighted by Crippen LogP contribution is -2.28. The third kappa shape index (κ3) is 4.22. The largest absolute Gasteiger partial charge is 0.462 e. The van der Waals surface area contributed by atoms with Crippen LogP contribution in [0.2, 0.25) is 0 Å². The number of carbonyl (C=O) groups excluding carboxylic acids is 1. The Bertz CT molecular complexity index is 553. The van der Waals surface area contributed by atoms with E-state index in [-0.39, 0.29) is 12.2 Å². The van der Waals surface area contributed by atoms with Crippen molar-refractivity contribution in [2.24, 2.45) is 0 Å². The smallest absolute Gasteiger partial charge is 0.339 e. The second kappa shape index (κ2) is 7.66. The summed E-state index contributed by atoms with van der Waals surface area (Å²) >= 11 is 0. The monoisotopic (exact) mass is 317 g/mol. The zero-order valence-corrected chi connectivity index (χ0v) is 13.5. The molecule has 0 N–H and O–H groups in total. The lowest BCUT2D eigenvalue weighted by molar-refractivity contribution is 0.0522. The Morgan fingerprint density at radius 3 is 2.35 bits per heavy atom. The molecule has 0 atom stereocenters. The molecule has 0 unspecified atom stereocenters. The Kier molecular flexibility index (Phi) is 6.51. The molecule has 20 heavy (non-hydrogen) atoms. The maximum Gasteiger partial charge on any atom is 0.339 e. The van der Waals surface area contributed by atoms with E-state index in [0.717, 1.165) is 0 Å². The van der Waals surface area contributed by atoms with Crippen LogP contribution in [0.3, 0.4) is 0 Å². The van der Waals surface area contributed by atoms with Crippen molar-refractivity contribution in [2.75, 3.05) is 19.7 Å². The first-order chi connectivity index (χ1) is 9.46. The summed E-state index contributed by atoms with van der Waals surface area (Å²) in [7, 11) is -2.82. The highest BCUT2D eigenvalue weighted by Gasteiger charge is 2.23. The average Bonchev–Trinajstić information content (AvgIpc) is 2.40. The zero-order chi connectivity index (χ0) is 15.2. The number of rotatable bonds is 7. The Hall–Kier alpha value is -1.05. The standard InChI is InChI=1S/C13H19NO4S2/c1-4-14(5-2)20(16,17)19-12-10-8-7-9-11(12)13(15)18-6-3/h7-10H,4-6H2,1-3H3. The average molecular weight is 317 g/mol. The summed E-state index contributed by atoms with van der Waals surface area (Å²) in [5, 5.41) is 0. The molecule has 0 aliphatic heterocycles. The first kappa shape index (κ1) is 17.0. The number of carbonyl (C=O) groups is 1. The molecule has 0 spiro atoms. The van der Waals surface area contributed by atoms with Crippen molar-refractivity contribution >= 4 is 25.8 Å². The van der Waals surface area contributed by atoms with Crippen LogP contribution >= 0.6 is 10.8 Å². The summed E-state index contributed by atoms with van der Waals surface area (Å²) in [6.07, 6.45) is 0. The van der Waals surface area contributed by atoms with Crippen LogP contribution in [0.25, 0.3) is 0 Å². The number of hydrogen-bond donors (Lipinski definition) is 0. The van der Waals surface area contributed by atoms with E-state index in [1.807, 2.05) is 0 Å². The number of benzene rings is 1. The van der Waals surface area contributed by atoms with E-state index in [1.54, 1.807) is 45.0 Å². The normalized spacial score (nSPS) is 11.6. The minimum Gasteiger partial charge on any atom is -0.462 e. The van der Waals surface area contributed by atoms with E-state index in [0.29, 0.717) is 28.8 Å². The Morgan fingerprint density at radius 2 is 1.80 bits per heavy atom. The molecule has 1 rings (SSSR count). The molecular weight excluding hydrogens is 298 g/mol. The van der Waals surface area contributed by atoms with Crippen LogP contribution in [0.5, 0.6) is 0 Å². The molecule has 1 aromatic rings. The molecule has 0 radical (unpaired) electrons. The fourth-order valence-corrected chi connectivity index (χ4v) is 5.03. The predicted molar refractivity (Wildman–Crippen MR) is 80.1 cm³/mol. The number of hydrogen-bond acceptors (Lipinski definition) is 5. The van der Waals surface area contributed by atoms with Gasteiger partial charge in [0.2, 0.25) is 0 Å². The molecule has 0 aromatic heterocycles. The van der Waals surface area contributed by atoms with Gasteiger partial charge in [-0.05, 0) is 19.1 Å². The quantitative estimate of drug-likeness (QED) is 0.571. The number of esters is 1. The van der Waals surface area contributed by atoms with Crippen LogP contribution < -0.4 is 0 Å². The van der Waals surface area contributed by atoms with Gasteiger partial charge in [0.05, 0.1) is 12.2 Å². The van der Waals surface area contributed by atoms with Crippen molar-refractivity contribution in [3.63, 3.8) is 0 Å². The van der Waals surface area contributed by atoms with Crippen LogP contribution in [-0.2, 0) is 13.8 Å². The molecule has 112 valence electrons. The van der Waals surface area contributed by atoms with Crippen molar-refractivity contribution in [1.29, 1.82) is 0 Å². The molecule has 0 saturated carbocycles. The van der Waals surface area contributed by atoms with Crippen molar-refractivity contribution < 1.29 is 17.9 Å². The molecule has 7 heteroatoms. The summed E-state index contributed by atoms with van der Waals surface area (Å²) in [5.74, 6) is -0.509. The van der Waals surface area contributed by atoms with Gasteiger partial charge in [-0.15, -0.1) is 0 Å². The lowest BCUT2D eigenvalue weighted by atomic mass is 10.2. The minimum absolute atomic E-state index is 0.251. The van der Waals surface area contributed by atoms with E-state index in [1.165, 1.54) is 4.31 Å². The molecule has 0 heterocycles. The minimum atomic E-state index is -3.50. The third-order valence-electron chi connectivity index (χ3n) is 2.60. The first-order valence-electron chi connectivity index (χ1n) is 6.41. The Balaban J connectivity index is 3.07. The summed E-state index contributed by atoms with van der Waals surface area (Å²) < 4.78 is 30.7. The lowest BCUT2D eigenvalue weighted by Gasteiger charge is -2.18. The molecule has 1 aromatic carbocycles. The SMILES string of the molecule is CCOC(=O)c1ccccc1SS(=O)(=O)N(CC)CC. The van der Waals surface area contributed by atoms with Crippen LogP contribution in [0.15, 0.2) is 29.2 Å². The van der Waals surface area contributed by atoms with Crippen molar-refractivity contribution in [3.8, 4) is 0 Å². The van der Waals surface area contributed by atoms with Crippen molar-refractivity contribution in [3.05, 3.63) is 29.8 Å².